The average molecular weight is 434 g/mol. The van der Waals surface area contributed by atoms with E-state index >= 15 is 0 Å². The smallest absolute Gasteiger partial charge is 0.243 e. The molecule has 2 aromatic rings. The summed E-state index contributed by atoms with van der Waals surface area (Å²) in [7, 11) is -3.79. The first-order valence-corrected chi connectivity index (χ1v) is 10.4. The fourth-order valence-corrected chi connectivity index (χ4v) is 4.91. The second-order valence-electron chi connectivity index (χ2n) is 5.85. The lowest BCUT2D eigenvalue weighted by Crippen LogP contribution is -2.43. The number of amides is 1. The molecule has 0 spiro atoms. The van der Waals surface area contributed by atoms with Gasteiger partial charge in [-0.25, -0.2) is 8.42 Å². The van der Waals surface area contributed by atoms with Crippen LogP contribution in [-0.2, 0) is 14.8 Å². The second-order valence-corrected chi connectivity index (χ2v) is 8.99. The van der Waals surface area contributed by atoms with Gasteiger partial charge in [0.2, 0.25) is 15.9 Å². The van der Waals surface area contributed by atoms with Gasteiger partial charge in [0.25, 0.3) is 0 Å². The third kappa shape index (κ3) is 4.00. The van der Waals surface area contributed by atoms with E-state index in [1.807, 2.05) is 0 Å². The number of benzene rings is 2. The fourth-order valence-electron chi connectivity index (χ4n) is 2.83. The number of hydrogen-bond donors (Lipinski definition) is 1. The standard InChI is InChI=1S/C17H15Cl3N2O3S/c18-11-3-6-13(7-4-11)26(24,25)22-9-1-2-16(22)17(23)21-12-5-8-14(19)15(20)10-12/h3-8,10,16H,1-2,9H2,(H,21,23)/t16-/m1/s1. The van der Waals surface area contributed by atoms with E-state index in [4.69, 9.17) is 34.8 Å². The predicted octanol–water partition coefficient (Wildman–Crippen LogP) is 4.44. The molecule has 138 valence electrons. The molecule has 1 amide bonds. The first kappa shape index (κ1) is 19.5. The molecule has 9 heteroatoms. The molecule has 1 aliphatic heterocycles. The minimum atomic E-state index is -3.79. The molecule has 26 heavy (non-hydrogen) atoms. The monoisotopic (exact) mass is 432 g/mol. The van der Waals surface area contributed by atoms with E-state index < -0.39 is 22.0 Å². The Morgan fingerprint density at radius 1 is 1.04 bits per heavy atom. The number of anilines is 1. The minimum Gasteiger partial charge on any atom is -0.325 e. The van der Waals surface area contributed by atoms with Crippen molar-refractivity contribution in [3.05, 3.63) is 57.5 Å². The van der Waals surface area contributed by atoms with Gasteiger partial charge in [-0.1, -0.05) is 34.8 Å². The van der Waals surface area contributed by atoms with Crippen LogP contribution in [0.25, 0.3) is 0 Å². The third-order valence-corrected chi connectivity index (χ3v) is 7.03. The summed E-state index contributed by atoms with van der Waals surface area (Å²) in [5.74, 6) is -0.404. The summed E-state index contributed by atoms with van der Waals surface area (Å²) in [5, 5.41) is 3.83. The molecule has 5 nitrogen and oxygen atoms in total. The molecular formula is C17H15Cl3N2O3S. The van der Waals surface area contributed by atoms with E-state index in [1.54, 1.807) is 12.1 Å². The Bertz CT molecular complexity index is 933. The van der Waals surface area contributed by atoms with Crippen molar-refractivity contribution in [2.75, 3.05) is 11.9 Å². The largest absolute Gasteiger partial charge is 0.325 e. The van der Waals surface area contributed by atoms with Crippen LogP contribution in [0.2, 0.25) is 15.1 Å². The Balaban J connectivity index is 1.81. The van der Waals surface area contributed by atoms with Gasteiger partial charge in [-0.2, -0.15) is 4.31 Å². The number of halogens is 3. The molecule has 1 fully saturated rings. The summed E-state index contributed by atoms with van der Waals surface area (Å²) in [6.45, 7) is 0.282. The van der Waals surface area contributed by atoms with E-state index in [0.29, 0.717) is 33.6 Å². The maximum Gasteiger partial charge on any atom is 0.243 e. The van der Waals surface area contributed by atoms with Crippen molar-refractivity contribution in [1.29, 1.82) is 0 Å². The van der Waals surface area contributed by atoms with E-state index in [0.717, 1.165) is 0 Å². The number of hydrogen-bond acceptors (Lipinski definition) is 3. The summed E-state index contributed by atoms with van der Waals surface area (Å²) in [6.07, 6.45) is 1.05. The molecule has 3 rings (SSSR count). The van der Waals surface area contributed by atoms with Gasteiger partial charge in [-0.05, 0) is 55.3 Å². The minimum absolute atomic E-state index is 0.108. The van der Waals surface area contributed by atoms with Crippen molar-refractivity contribution in [2.24, 2.45) is 0 Å². The number of rotatable bonds is 4. The van der Waals surface area contributed by atoms with E-state index in [-0.39, 0.29) is 11.4 Å². The maximum atomic E-state index is 12.9. The molecule has 0 aromatic heterocycles. The second kappa shape index (κ2) is 7.74. The topological polar surface area (TPSA) is 66.5 Å². The lowest BCUT2D eigenvalue weighted by molar-refractivity contribution is -0.119. The molecule has 0 saturated carbocycles. The Kier molecular flexibility index (Phi) is 5.79. The average Bonchev–Trinajstić information content (AvgIpc) is 3.09. The van der Waals surface area contributed by atoms with Gasteiger partial charge in [-0.15, -0.1) is 0 Å². The molecule has 2 aromatic carbocycles. The lowest BCUT2D eigenvalue weighted by atomic mass is 10.2. The number of nitrogens with zero attached hydrogens (tertiary/aromatic N) is 1. The molecule has 0 unspecified atom stereocenters. The quantitative estimate of drug-likeness (QED) is 0.775. The summed E-state index contributed by atoms with van der Waals surface area (Å²) >= 11 is 17.6. The molecule has 1 N–H and O–H groups in total. The van der Waals surface area contributed by atoms with Gasteiger partial charge in [0.05, 0.1) is 14.9 Å². The summed E-state index contributed by atoms with van der Waals surface area (Å²) < 4.78 is 27.0. The number of carbonyl (C=O) groups excluding carboxylic acids is 1. The lowest BCUT2D eigenvalue weighted by Gasteiger charge is -2.23. The van der Waals surface area contributed by atoms with Gasteiger partial charge >= 0.3 is 0 Å². The molecule has 1 atom stereocenters. The summed E-state index contributed by atoms with van der Waals surface area (Å²) in [4.78, 5) is 12.7. The van der Waals surface area contributed by atoms with Gasteiger partial charge < -0.3 is 5.32 Å². The van der Waals surface area contributed by atoms with Crippen LogP contribution in [0.3, 0.4) is 0 Å². The molecule has 0 aliphatic carbocycles. The zero-order chi connectivity index (χ0) is 18.9. The highest BCUT2D eigenvalue weighted by molar-refractivity contribution is 7.89. The van der Waals surface area contributed by atoms with Crippen LogP contribution in [0, 0.1) is 0 Å². The first-order valence-electron chi connectivity index (χ1n) is 7.82. The van der Waals surface area contributed by atoms with Crippen molar-refractivity contribution < 1.29 is 13.2 Å². The maximum absolute atomic E-state index is 12.9. The summed E-state index contributed by atoms with van der Waals surface area (Å²) in [6, 6.07) is 9.80. The zero-order valence-electron chi connectivity index (χ0n) is 13.5. The highest BCUT2D eigenvalue weighted by Crippen LogP contribution is 2.29. The predicted molar refractivity (Wildman–Crippen MR) is 103 cm³/mol. The van der Waals surface area contributed by atoms with Gasteiger partial charge in [0, 0.05) is 17.3 Å². The van der Waals surface area contributed by atoms with E-state index in [1.165, 1.54) is 34.6 Å². The number of sulfonamides is 1. The Morgan fingerprint density at radius 3 is 2.38 bits per heavy atom. The van der Waals surface area contributed by atoms with Crippen LogP contribution >= 0.6 is 34.8 Å². The van der Waals surface area contributed by atoms with Crippen molar-refractivity contribution in [3.8, 4) is 0 Å². The molecular weight excluding hydrogens is 419 g/mol. The Morgan fingerprint density at radius 2 is 1.73 bits per heavy atom. The third-order valence-electron chi connectivity index (χ3n) is 4.11. The number of carbonyl (C=O) groups is 1. The van der Waals surface area contributed by atoms with Crippen LogP contribution in [0.15, 0.2) is 47.4 Å². The SMILES string of the molecule is O=C(Nc1ccc(Cl)c(Cl)c1)[C@H]1CCCN1S(=O)(=O)c1ccc(Cl)cc1. The van der Waals surface area contributed by atoms with Crippen LogP contribution < -0.4 is 5.32 Å². The van der Waals surface area contributed by atoms with Gasteiger partial charge in [0.1, 0.15) is 6.04 Å². The van der Waals surface area contributed by atoms with Crippen molar-refractivity contribution >= 4 is 56.4 Å². The van der Waals surface area contributed by atoms with Crippen LogP contribution in [0.5, 0.6) is 0 Å². The molecule has 1 aliphatic rings. The summed E-state index contributed by atoms with van der Waals surface area (Å²) in [5.41, 5.74) is 0.458. The van der Waals surface area contributed by atoms with E-state index in [9.17, 15) is 13.2 Å². The fraction of sp³-hybridized carbons (Fsp3) is 0.235. The molecule has 0 bridgehead atoms. The molecule has 1 saturated heterocycles. The Labute approximate surface area is 166 Å². The zero-order valence-corrected chi connectivity index (χ0v) is 16.5. The van der Waals surface area contributed by atoms with Crippen molar-refractivity contribution in [1.82, 2.24) is 4.31 Å². The number of nitrogens with one attached hydrogen (secondary N) is 1. The van der Waals surface area contributed by atoms with Crippen LogP contribution in [0.1, 0.15) is 12.8 Å². The normalized spacial score (nSPS) is 18.0. The van der Waals surface area contributed by atoms with E-state index in [2.05, 4.69) is 5.32 Å². The van der Waals surface area contributed by atoms with Gasteiger partial charge in [0.15, 0.2) is 0 Å². The molecule has 0 radical (unpaired) electrons. The van der Waals surface area contributed by atoms with Crippen molar-refractivity contribution in [3.63, 3.8) is 0 Å². The van der Waals surface area contributed by atoms with Crippen LogP contribution in [-0.4, -0.2) is 31.2 Å². The highest BCUT2D eigenvalue weighted by atomic mass is 35.5. The Hall–Kier alpha value is -1.31. The highest BCUT2D eigenvalue weighted by Gasteiger charge is 2.39. The van der Waals surface area contributed by atoms with Gasteiger partial charge in [-0.3, -0.25) is 4.79 Å². The van der Waals surface area contributed by atoms with Crippen molar-refractivity contribution in [2.45, 2.75) is 23.8 Å². The van der Waals surface area contributed by atoms with Crippen LogP contribution in [0.4, 0.5) is 5.69 Å². The molecule has 1 heterocycles. The first-order chi connectivity index (χ1) is 12.3.